The predicted molar refractivity (Wildman–Crippen MR) is 89.3 cm³/mol. The summed E-state index contributed by atoms with van der Waals surface area (Å²) >= 11 is 0. The fourth-order valence-corrected chi connectivity index (χ4v) is 1.74. The van der Waals surface area contributed by atoms with E-state index < -0.39 is 12.1 Å². The molecule has 0 saturated heterocycles. The van der Waals surface area contributed by atoms with Gasteiger partial charge < -0.3 is 22.1 Å². The minimum absolute atomic E-state index is 0.0242. The molecule has 1 aromatic rings. The van der Waals surface area contributed by atoms with Crippen LogP contribution in [0.5, 0.6) is 0 Å². The predicted octanol–water partition coefficient (Wildman–Crippen LogP) is 1.53. The van der Waals surface area contributed by atoms with Crippen molar-refractivity contribution >= 4 is 23.2 Å². The van der Waals surface area contributed by atoms with E-state index in [2.05, 4.69) is 10.6 Å². The molecule has 6 N–H and O–H groups in total. The lowest BCUT2D eigenvalue weighted by Crippen LogP contribution is -2.41. The molecule has 22 heavy (non-hydrogen) atoms. The molecule has 0 saturated carbocycles. The third-order valence-corrected chi connectivity index (χ3v) is 3.48. The fourth-order valence-electron chi connectivity index (χ4n) is 1.74. The first kappa shape index (κ1) is 18.1. The Labute approximate surface area is 131 Å². The van der Waals surface area contributed by atoms with E-state index in [-0.39, 0.29) is 23.7 Å². The monoisotopic (exact) mass is 306 g/mol. The maximum absolute atomic E-state index is 12.1. The Hall–Kier alpha value is -1.92. The van der Waals surface area contributed by atoms with Crippen molar-refractivity contribution in [3.05, 3.63) is 24.3 Å². The Morgan fingerprint density at radius 3 is 1.41 bits per heavy atom. The van der Waals surface area contributed by atoms with Crippen molar-refractivity contribution in [3.8, 4) is 0 Å². The summed E-state index contributed by atoms with van der Waals surface area (Å²) in [7, 11) is 0. The van der Waals surface area contributed by atoms with Crippen LogP contribution in [-0.2, 0) is 9.59 Å². The first-order chi connectivity index (χ1) is 10.2. The second-order valence-electron chi connectivity index (χ2n) is 6.06. The zero-order valence-electron chi connectivity index (χ0n) is 13.6. The Morgan fingerprint density at radius 2 is 1.14 bits per heavy atom. The number of hydrogen-bond donors (Lipinski definition) is 4. The van der Waals surface area contributed by atoms with Gasteiger partial charge in [0.25, 0.3) is 0 Å². The highest BCUT2D eigenvalue weighted by atomic mass is 16.2. The molecule has 2 atom stereocenters. The van der Waals surface area contributed by atoms with Crippen LogP contribution in [0.2, 0.25) is 0 Å². The zero-order chi connectivity index (χ0) is 16.9. The number of benzene rings is 1. The average Bonchev–Trinajstić information content (AvgIpc) is 2.47. The normalized spacial score (nSPS) is 13.8. The van der Waals surface area contributed by atoms with Gasteiger partial charge in [-0.3, -0.25) is 9.59 Å². The van der Waals surface area contributed by atoms with Crippen LogP contribution < -0.4 is 22.1 Å². The molecule has 1 aromatic carbocycles. The van der Waals surface area contributed by atoms with Gasteiger partial charge in [0, 0.05) is 0 Å². The third-order valence-electron chi connectivity index (χ3n) is 3.48. The number of amides is 2. The molecule has 6 nitrogen and oxygen atoms in total. The smallest absolute Gasteiger partial charge is 0.241 e. The van der Waals surface area contributed by atoms with Crippen molar-refractivity contribution in [1.82, 2.24) is 0 Å². The standard InChI is InChI=1S/C16H26N4O2/c1-9(2)13(17)15(21)19-11-7-5-6-8-12(11)20-16(22)14(18)10(3)4/h5-10,13-14H,17-18H2,1-4H3,(H,19,21)(H,20,22)/t13-,14-/m0/s1. The van der Waals surface area contributed by atoms with E-state index in [0.717, 1.165) is 0 Å². The molecule has 0 unspecified atom stereocenters. The van der Waals surface area contributed by atoms with Gasteiger partial charge in [-0.1, -0.05) is 39.8 Å². The lowest BCUT2D eigenvalue weighted by molar-refractivity contribution is -0.119. The number of hydrogen-bond acceptors (Lipinski definition) is 4. The van der Waals surface area contributed by atoms with Gasteiger partial charge >= 0.3 is 0 Å². The van der Waals surface area contributed by atoms with Gasteiger partial charge in [0.15, 0.2) is 0 Å². The number of rotatable bonds is 6. The second kappa shape index (κ2) is 7.91. The highest BCUT2D eigenvalue weighted by Crippen LogP contribution is 2.22. The van der Waals surface area contributed by atoms with Crippen molar-refractivity contribution < 1.29 is 9.59 Å². The first-order valence-corrected chi connectivity index (χ1v) is 7.46. The number of para-hydroxylation sites is 2. The Morgan fingerprint density at radius 1 is 0.818 bits per heavy atom. The van der Waals surface area contributed by atoms with Crippen molar-refractivity contribution in [1.29, 1.82) is 0 Å². The molecule has 1 rings (SSSR count). The molecule has 6 heteroatoms. The van der Waals surface area contributed by atoms with Gasteiger partial charge in [0.2, 0.25) is 11.8 Å². The lowest BCUT2D eigenvalue weighted by Gasteiger charge is -2.19. The van der Waals surface area contributed by atoms with Crippen LogP contribution in [0.3, 0.4) is 0 Å². The van der Waals surface area contributed by atoms with Gasteiger partial charge in [0.1, 0.15) is 0 Å². The van der Waals surface area contributed by atoms with Gasteiger partial charge in [-0.05, 0) is 24.0 Å². The topological polar surface area (TPSA) is 110 Å². The Kier molecular flexibility index (Phi) is 6.52. The number of carbonyl (C=O) groups is 2. The third kappa shape index (κ3) is 4.82. The molecule has 0 bridgehead atoms. The average molecular weight is 306 g/mol. The van der Waals surface area contributed by atoms with Crippen LogP contribution in [0.15, 0.2) is 24.3 Å². The molecule has 2 amide bonds. The van der Waals surface area contributed by atoms with E-state index in [1.807, 2.05) is 27.7 Å². The van der Waals surface area contributed by atoms with E-state index >= 15 is 0 Å². The molecule has 0 heterocycles. The summed E-state index contributed by atoms with van der Waals surface area (Å²) in [5.41, 5.74) is 12.7. The fraction of sp³-hybridized carbons (Fsp3) is 0.500. The van der Waals surface area contributed by atoms with Crippen LogP contribution in [0.1, 0.15) is 27.7 Å². The van der Waals surface area contributed by atoms with E-state index in [0.29, 0.717) is 11.4 Å². The van der Waals surface area contributed by atoms with Gasteiger partial charge in [-0.2, -0.15) is 0 Å². The molecule has 0 radical (unpaired) electrons. The minimum Gasteiger partial charge on any atom is -0.323 e. The molecular weight excluding hydrogens is 280 g/mol. The summed E-state index contributed by atoms with van der Waals surface area (Å²) in [6.45, 7) is 7.50. The number of anilines is 2. The highest BCUT2D eigenvalue weighted by molar-refractivity contribution is 6.02. The molecule has 0 aliphatic rings. The van der Waals surface area contributed by atoms with Crippen molar-refractivity contribution in [2.24, 2.45) is 23.3 Å². The van der Waals surface area contributed by atoms with Gasteiger partial charge in [-0.25, -0.2) is 0 Å². The summed E-state index contributed by atoms with van der Waals surface area (Å²) < 4.78 is 0. The molecule has 0 aliphatic heterocycles. The maximum Gasteiger partial charge on any atom is 0.241 e. The second-order valence-corrected chi connectivity index (χ2v) is 6.06. The Balaban J connectivity index is 2.86. The highest BCUT2D eigenvalue weighted by Gasteiger charge is 2.20. The van der Waals surface area contributed by atoms with Crippen LogP contribution in [-0.4, -0.2) is 23.9 Å². The van der Waals surface area contributed by atoms with Crippen LogP contribution in [0.25, 0.3) is 0 Å². The first-order valence-electron chi connectivity index (χ1n) is 7.46. The summed E-state index contributed by atoms with van der Waals surface area (Å²) in [4.78, 5) is 24.1. The number of nitrogens with one attached hydrogen (secondary N) is 2. The number of carbonyl (C=O) groups excluding carboxylic acids is 2. The molecule has 0 aromatic heterocycles. The molecule has 0 spiro atoms. The minimum atomic E-state index is -0.610. The molecular formula is C16H26N4O2. The zero-order valence-corrected chi connectivity index (χ0v) is 13.6. The van der Waals surface area contributed by atoms with E-state index in [4.69, 9.17) is 11.5 Å². The molecule has 0 aliphatic carbocycles. The number of nitrogens with two attached hydrogens (primary N) is 2. The summed E-state index contributed by atoms with van der Waals surface area (Å²) in [6, 6.07) is 5.75. The van der Waals surface area contributed by atoms with Crippen molar-refractivity contribution in [2.75, 3.05) is 10.6 Å². The largest absolute Gasteiger partial charge is 0.323 e. The van der Waals surface area contributed by atoms with Crippen LogP contribution in [0.4, 0.5) is 11.4 Å². The summed E-state index contributed by atoms with van der Waals surface area (Å²) in [5.74, 6) is -0.526. The van der Waals surface area contributed by atoms with E-state index in [1.165, 1.54) is 0 Å². The summed E-state index contributed by atoms with van der Waals surface area (Å²) in [5, 5.41) is 5.49. The van der Waals surface area contributed by atoms with E-state index in [1.54, 1.807) is 24.3 Å². The lowest BCUT2D eigenvalue weighted by atomic mass is 10.0. The van der Waals surface area contributed by atoms with Gasteiger partial charge in [0.05, 0.1) is 23.5 Å². The van der Waals surface area contributed by atoms with Gasteiger partial charge in [-0.15, -0.1) is 0 Å². The summed E-state index contributed by atoms with van der Waals surface area (Å²) in [6.07, 6.45) is 0. The van der Waals surface area contributed by atoms with E-state index in [9.17, 15) is 9.59 Å². The van der Waals surface area contributed by atoms with Crippen molar-refractivity contribution in [3.63, 3.8) is 0 Å². The maximum atomic E-state index is 12.1. The molecule has 122 valence electrons. The van der Waals surface area contributed by atoms with Crippen LogP contribution >= 0.6 is 0 Å². The quantitative estimate of drug-likeness (QED) is 0.638. The van der Waals surface area contributed by atoms with Crippen molar-refractivity contribution in [2.45, 2.75) is 39.8 Å². The van der Waals surface area contributed by atoms with Crippen LogP contribution in [0, 0.1) is 11.8 Å². The SMILES string of the molecule is CC(C)[C@H](N)C(=O)Nc1ccccc1NC(=O)[C@@H](N)C(C)C. The Bertz CT molecular complexity index is 482. The molecule has 0 fully saturated rings.